The van der Waals surface area contributed by atoms with Crippen molar-refractivity contribution in [3.8, 4) is 0 Å². The summed E-state index contributed by atoms with van der Waals surface area (Å²) in [4.78, 5) is 2.54. The van der Waals surface area contributed by atoms with E-state index in [1.54, 1.807) is 0 Å². The molecule has 0 bridgehead atoms. The molecule has 1 aliphatic rings. The molecule has 0 aliphatic carbocycles. The molecule has 2 unspecified atom stereocenters. The van der Waals surface area contributed by atoms with Crippen LogP contribution in [0.1, 0.15) is 56.2 Å². The predicted molar refractivity (Wildman–Crippen MR) is 77.3 cm³/mol. The Kier molecular flexibility index (Phi) is 4.99. The minimum atomic E-state index is 0.324. The van der Waals surface area contributed by atoms with E-state index < -0.39 is 0 Å². The molecule has 0 radical (unpaired) electrons. The van der Waals surface area contributed by atoms with Crippen LogP contribution in [0.15, 0.2) is 4.52 Å². The molecule has 1 aliphatic heterocycles. The van der Waals surface area contributed by atoms with E-state index in [1.165, 1.54) is 44.5 Å². The number of hydrogen-bond donors (Lipinski definition) is 1. The minimum Gasteiger partial charge on any atom is -0.361 e. The van der Waals surface area contributed by atoms with Crippen molar-refractivity contribution < 1.29 is 4.52 Å². The lowest BCUT2D eigenvalue weighted by Gasteiger charge is -2.22. The van der Waals surface area contributed by atoms with Crippen molar-refractivity contribution >= 4 is 0 Å². The van der Waals surface area contributed by atoms with Gasteiger partial charge in [0.05, 0.1) is 5.69 Å². The zero-order chi connectivity index (χ0) is 13.8. The molecule has 0 amide bonds. The normalized spacial score (nSPS) is 23.3. The van der Waals surface area contributed by atoms with E-state index in [0.29, 0.717) is 12.1 Å². The van der Waals surface area contributed by atoms with E-state index in [4.69, 9.17) is 4.52 Å². The number of hydrogen-bond acceptors (Lipinski definition) is 4. The number of aryl methyl sites for hydroxylation is 2. The van der Waals surface area contributed by atoms with E-state index >= 15 is 0 Å². The van der Waals surface area contributed by atoms with Crippen molar-refractivity contribution in [1.82, 2.24) is 15.4 Å². The fraction of sp³-hybridized carbons (Fsp3) is 0.800. The topological polar surface area (TPSA) is 41.3 Å². The van der Waals surface area contributed by atoms with Gasteiger partial charge in [-0.05, 0) is 59.7 Å². The summed E-state index contributed by atoms with van der Waals surface area (Å²) >= 11 is 0. The predicted octanol–water partition coefficient (Wildman–Crippen LogP) is 2.82. The highest BCUT2D eigenvalue weighted by Gasteiger charge is 2.21. The summed E-state index contributed by atoms with van der Waals surface area (Å²) < 4.78 is 5.27. The van der Waals surface area contributed by atoms with Gasteiger partial charge in [-0.3, -0.25) is 0 Å². The summed E-state index contributed by atoms with van der Waals surface area (Å²) in [6.45, 7) is 12.1. The third-order valence-corrected chi connectivity index (χ3v) is 4.28. The average Bonchev–Trinajstić information content (AvgIpc) is 2.61. The molecule has 2 heterocycles. The van der Waals surface area contributed by atoms with Crippen LogP contribution in [-0.2, 0) is 0 Å². The van der Waals surface area contributed by atoms with Gasteiger partial charge < -0.3 is 14.7 Å². The van der Waals surface area contributed by atoms with Crippen molar-refractivity contribution in [2.24, 2.45) is 0 Å². The molecule has 1 aromatic heterocycles. The van der Waals surface area contributed by atoms with Crippen LogP contribution >= 0.6 is 0 Å². The first kappa shape index (κ1) is 14.5. The van der Waals surface area contributed by atoms with E-state index in [1.807, 2.05) is 13.8 Å². The largest absolute Gasteiger partial charge is 0.361 e. The minimum absolute atomic E-state index is 0.324. The van der Waals surface area contributed by atoms with Gasteiger partial charge in [-0.25, -0.2) is 0 Å². The van der Waals surface area contributed by atoms with Crippen LogP contribution in [-0.4, -0.2) is 35.7 Å². The zero-order valence-corrected chi connectivity index (χ0v) is 12.7. The number of aromatic nitrogens is 1. The Morgan fingerprint density at radius 1 is 1.37 bits per heavy atom. The van der Waals surface area contributed by atoms with Gasteiger partial charge in [0.15, 0.2) is 0 Å². The van der Waals surface area contributed by atoms with Crippen LogP contribution in [0.2, 0.25) is 0 Å². The highest BCUT2D eigenvalue weighted by Crippen LogP contribution is 2.23. The lowest BCUT2D eigenvalue weighted by molar-refractivity contribution is 0.295. The Hall–Kier alpha value is -0.870. The molecule has 19 heavy (non-hydrogen) atoms. The second-order valence-corrected chi connectivity index (χ2v) is 5.69. The summed E-state index contributed by atoms with van der Waals surface area (Å²) in [5.74, 6) is 0.946. The fourth-order valence-electron chi connectivity index (χ4n) is 3.18. The van der Waals surface area contributed by atoms with Crippen molar-refractivity contribution in [3.63, 3.8) is 0 Å². The Morgan fingerprint density at radius 3 is 2.79 bits per heavy atom. The quantitative estimate of drug-likeness (QED) is 0.909. The standard InChI is InChI=1S/C15H27N3O/c1-5-18-9-6-7-14(8-10-18)16-11(2)15-12(3)17-19-13(15)4/h11,14,16H,5-10H2,1-4H3. The first-order valence-electron chi connectivity index (χ1n) is 7.53. The maximum atomic E-state index is 5.27. The third kappa shape index (κ3) is 3.57. The Morgan fingerprint density at radius 2 is 2.16 bits per heavy atom. The molecule has 1 fully saturated rings. The number of nitrogens with zero attached hydrogens (tertiary/aromatic N) is 2. The molecular formula is C15H27N3O. The zero-order valence-electron chi connectivity index (χ0n) is 12.7. The van der Waals surface area contributed by atoms with Crippen molar-refractivity contribution in [2.45, 2.75) is 59.0 Å². The first-order valence-corrected chi connectivity index (χ1v) is 7.53. The molecule has 0 aromatic carbocycles. The Bertz CT molecular complexity index is 383. The van der Waals surface area contributed by atoms with Crippen LogP contribution in [0.25, 0.3) is 0 Å². The first-order chi connectivity index (χ1) is 9.11. The average molecular weight is 265 g/mol. The second kappa shape index (κ2) is 6.53. The highest BCUT2D eigenvalue weighted by atomic mass is 16.5. The number of likely N-dealkylation sites (tertiary alicyclic amines) is 1. The van der Waals surface area contributed by atoms with E-state index in [0.717, 1.165) is 11.5 Å². The van der Waals surface area contributed by atoms with E-state index in [9.17, 15) is 0 Å². The fourth-order valence-corrected chi connectivity index (χ4v) is 3.18. The van der Waals surface area contributed by atoms with Gasteiger partial charge in [-0.2, -0.15) is 0 Å². The highest BCUT2D eigenvalue weighted by molar-refractivity contribution is 5.24. The van der Waals surface area contributed by atoms with Crippen LogP contribution in [0.3, 0.4) is 0 Å². The third-order valence-electron chi connectivity index (χ3n) is 4.28. The summed E-state index contributed by atoms with van der Waals surface area (Å²) in [5.41, 5.74) is 2.25. The number of nitrogens with one attached hydrogen (secondary N) is 1. The SMILES string of the molecule is CCN1CCCC(NC(C)c2c(C)noc2C)CC1. The lowest BCUT2D eigenvalue weighted by Crippen LogP contribution is -2.33. The molecule has 2 atom stereocenters. The maximum absolute atomic E-state index is 5.27. The molecule has 0 spiro atoms. The van der Waals surface area contributed by atoms with Crippen molar-refractivity contribution in [1.29, 1.82) is 0 Å². The molecule has 4 nitrogen and oxygen atoms in total. The van der Waals surface area contributed by atoms with Crippen LogP contribution in [0.4, 0.5) is 0 Å². The number of rotatable bonds is 4. The summed E-state index contributed by atoms with van der Waals surface area (Å²) in [6.07, 6.45) is 3.80. The maximum Gasteiger partial charge on any atom is 0.138 e. The summed E-state index contributed by atoms with van der Waals surface area (Å²) in [5, 5.41) is 7.81. The van der Waals surface area contributed by atoms with Gasteiger partial charge >= 0.3 is 0 Å². The molecule has 1 aromatic rings. The van der Waals surface area contributed by atoms with Crippen LogP contribution in [0.5, 0.6) is 0 Å². The summed E-state index contributed by atoms with van der Waals surface area (Å²) in [6, 6.07) is 0.935. The molecule has 1 N–H and O–H groups in total. The molecule has 0 saturated carbocycles. The molecule has 1 saturated heterocycles. The van der Waals surface area contributed by atoms with Gasteiger partial charge in [0.2, 0.25) is 0 Å². The van der Waals surface area contributed by atoms with Crippen molar-refractivity contribution in [2.75, 3.05) is 19.6 Å². The molecular weight excluding hydrogens is 238 g/mol. The van der Waals surface area contributed by atoms with Gasteiger partial charge in [-0.1, -0.05) is 12.1 Å². The molecule has 4 heteroatoms. The summed E-state index contributed by atoms with van der Waals surface area (Å²) in [7, 11) is 0. The monoisotopic (exact) mass is 265 g/mol. The van der Waals surface area contributed by atoms with Gasteiger partial charge in [0.25, 0.3) is 0 Å². The van der Waals surface area contributed by atoms with Gasteiger partial charge in [0, 0.05) is 17.6 Å². The molecule has 108 valence electrons. The van der Waals surface area contributed by atoms with Crippen LogP contribution < -0.4 is 5.32 Å². The smallest absolute Gasteiger partial charge is 0.138 e. The van der Waals surface area contributed by atoms with E-state index in [-0.39, 0.29) is 0 Å². The Balaban J connectivity index is 1.94. The van der Waals surface area contributed by atoms with Crippen LogP contribution in [0, 0.1) is 13.8 Å². The lowest BCUT2D eigenvalue weighted by atomic mass is 10.0. The van der Waals surface area contributed by atoms with Gasteiger partial charge in [-0.15, -0.1) is 0 Å². The van der Waals surface area contributed by atoms with E-state index in [2.05, 4.69) is 29.2 Å². The second-order valence-electron chi connectivity index (χ2n) is 5.69. The van der Waals surface area contributed by atoms with Gasteiger partial charge in [0.1, 0.15) is 5.76 Å². The van der Waals surface area contributed by atoms with Crippen molar-refractivity contribution in [3.05, 3.63) is 17.0 Å². The molecule has 2 rings (SSSR count). The Labute approximate surface area is 116 Å².